The second kappa shape index (κ2) is 5.74. The largest absolute Gasteiger partial charge is 0.346 e. The van der Waals surface area contributed by atoms with Gasteiger partial charge in [-0.15, -0.1) is 0 Å². The quantitative estimate of drug-likeness (QED) is 0.589. The SMILES string of the molecule is CN(C)P(=O)(OC(Cl)C(Cl)(Cl)Cl)N(C)C. The summed E-state index contributed by atoms with van der Waals surface area (Å²) in [7, 11) is 3.11. The summed E-state index contributed by atoms with van der Waals surface area (Å²) in [6.45, 7) is 0. The molecule has 0 saturated carbocycles. The second-order valence-corrected chi connectivity index (χ2v) is 8.71. The average Bonchev–Trinajstić information content (AvgIpc) is 2.01. The van der Waals surface area contributed by atoms with Crippen molar-refractivity contribution in [2.45, 2.75) is 9.36 Å². The molecule has 92 valence electrons. The molecule has 0 aliphatic rings. The second-order valence-electron chi connectivity index (χ2n) is 3.15. The van der Waals surface area contributed by atoms with Gasteiger partial charge in [0, 0.05) is 0 Å². The van der Waals surface area contributed by atoms with Crippen molar-refractivity contribution in [3.05, 3.63) is 0 Å². The lowest BCUT2D eigenvalue weighted by atomic mass is 10.8. The van der Waals surface area contributed by atoms with Crippen molar-refractivity contribution < 1.29 is 9.09 Å². The molecule has 0 saturated heterocycles. The Morgan fingerprint density at radius 3 is 1.67 bits per heavy atom. The van der Waals surface area contributed by atoms with E-state index in [9.17, 15) is 4.57 Å². The zero-order valence-electron chi connectivity index (χ0n) is 8.75. The predicted octanol–water partition coefficient (Wildman–Crippen LogP) is 3.17. The van der Waals surface area contributed by atoms with Crippen LogP contribution < -0.4 is 0 Å². The molecule has 1 atom stereocenters. The minimum atomic E-state index is -3.23. The Balaban J connectivity index is 4.80. The molecule has 0 bridgehead atoms. The Morgan fingerprint density at radius 2 is 1.47 bits per heavy atom. The zero-order valence-corrected chi connectivity index (χ0v) is 12.7. The third-order valence-electron chi connectivity index (χ3n) is 1.50. The van der Waals surface area contributed by atoms with Crippen molar-refractivity contribution in [2.75, 3.05) is 28.2 Å². The third kappa shape index (κ3) is 4.57. The van der Waals surface area contributed by atoms with Crippen LogP contribution >= 0.6 is 54.1 Å². The Hall–Kier alpha value is 1.27. The summed E-state index contributed by atoms with van der Waals surface area (Å²) in [5.74, 6) is 0. The number of hydrogen-bond donors (Lipinski definition) is 0. The Morgan fingerprint density at radius 1 is 1.13 bits per heavy atom. The Kier molecular flexibility index (Phi) is 6.23. The van der Waals surface area contributed by atoms with Crippen LogP contribution in [0.2, 0.25) is 0 Å². The van der Waals surface area contributed by atoms with Gasteiger partial charge in [-0.05, 0) is 28.2 Å². The van der Waals surface area contributed by atoms with E-state index < -0.39 is 17.0 Å². The zero-order chi connectivity index (χ0) is 12.4. The fourth-order valence-electron chi connectivity index (χ4n) is 0.727. The number of halogens is 4. The van der Waals surface area contributed by atoms with Gasteiger partial charge in [0.2, 0.25) is 3.79 Å². The van der Waals surface area contributed by atoms with Crippen molar-refractivity contribution in [3.8, 4) is 0 Å². The molecule has 0 aromatic rings. The molecular formula is C6H13Cl4N2O2P. The number of alkyl halides is 4. The molecule has 15 heavy (non-hydrogen) atoms. The smallest absolute Gasteiger partial charge is 0.282 e. The Bertz CT molecular complexity index is 244. The fourth-order valence-corrected chi connectivity index (χ4v) is 2.85. The average molecular weight is 318 g/mol. The molecule has 0 aliphatic heterocycles. The summed E-state index contributed by atoms with van der Waals surface area (Å²) < 4.78 is 18.3. The van der Waals surface area contributed by atoms with Gasteiger partial charge in [0.05, 0.1) is 0 Å². The van der Waals surface area contributed by atoms with Gasteiger partial charge in [0.15, 0.2) is 5.56 Å². The maximum Gasteiger partial charge on any atom is 0.346 e. The number of hydrogen-bond acceptors (Lipinski definition) is 2. The van der Waals surface area contributed by atoms with E-state index in [4.69, 9.17) is 50.9 Å². The molecule has 0 spiro atoms. The molecule has 0 fully saturated rings. The third-order valence-corrected chi connectivity index (χ3v) is 5.48. The predicted molar refractivity (Wildman–Crippen MR) is 66.0 cm³/mol. The fraction of sp³-hybridized carbons (Fsp3) is 1.00. The number of nitrogens with zero attached hydrogens (tertiary/aromatic N) is 2. The molecule has 4 nitrogen and oxygen atoms in total. The molecule has 0 amide bonds. The summed E-state index contributed by atoms with van der Waals surface area (Å²) >= 11 is 22.2. The molecule has 0 radical (unpaired) electrons. The lowest BCUT2D eigenvalue weighted by Crippen LogP contribution is -2.29. The van der Waals surface area contributed by atoms with Crippen molar-refractivity contribution in [2.24, 2.45) is 0 Å². The van der Waals surface area contributed by atoms with Crippen LogP contribution in [0.1, 0.15) is 0 Å². The Labute approximate surface area is 110 Å². The van der Waals surface area contributed by atoms with Crippen LogP contribution in [0.15, 0.2) is 0 Å². The summed E-state index contributed by atoms with van der Waals surface area (Å²) in [6, 6.07) is 0. The van der Waals surface area contributed by atoms with E-state index in [0.29, 0.717) is 0 Å². The summed E-state index contributed by atoms with van der Waals surface area (Å²) in [5.41, 5.74) is -1.29. The molecule has 0 heterocycles. The van der Waals surface area contributed by atoms with Gasteiger partial charge in [0.25, 0.3) is 0 Å². The van der Waals surface area contributed by atoms with Gasteiger partial charge in [-0.3, -0.25) is 9.09 Å². The van der Waals surface area contributed by atoms with Crippen molar-refractivity contribution in [3.63, 3.8) is 0 Å². The van der Waals surface area contributed by atoms with Crippen LogP contribution in [0.5, 0.6) is 0 Å². The molecule has 0 rings (SSSR count). The van der Waals surface area contributed by atoms with Gasteiger partial charge in [-0.25, -0.2) is 9.34 Å². The first kappa shape index (κ1) is 16.3. The molecular weight excluding hydrogens is 305 g/mol. The van der Waals surface area contributed by atoms with Crippen molar-refractivity contribution >= 4 is 54.1 Å². The van der Waals surface area contributed by atoms with E-state index in [1.165, 1.54) is 9.34 Å². The topological polar surface area (TPSA) is 32.8 Å². The van der Waals surface area contributed by atoms with Gasteiger partial charge in [-0.1, -0.05) is 46.4 Å². The summed E-state index contributed by atoms with van der Waals surface area (Å²) in [4.78, 5) is 0. The normalized spacial score (nSPS) is 16.1. The van der Waals surface area contributed by atoms with Crippen molar-refractivity contribution in [1.82, 2.24) is 9.34 Å². The van der Waals surface area contributed by atoms with Crippen LogP contribution in [-0.4, -0.2) is 46.9 Å². The minimum Gasteiger partial charge on any atom is -0.282 e. The summed E-state index contributed by atoms with van der Waals surface area (Å²) in [5, 5.41) is 0. The molecule has 0 aromatic carbocycles. The highest BCUT2D eigenvalue weighted by Gasteiger charge is 2.40. The van der Waals surface area contributed by atoms with Crippen LogP contribution in [0.3, 0.4) is 0 Å². The maximum absolute atomic E-state index is 12.2. The van der Waals surface area contributed by atoms with Gasteiger partial charge < -0.3 is 0 Å². The lowest BCUT2D eigenvalue weighted by Gasteiger charge is -2.32. The van der Waals surface area contributed by atoms with E-state index in [-0.39, 0.29) is 0 Å². The van der Waals surface area contributed by atoms with Crippen LogP contribution in [0.25, 0.3) is 0 Å². The molecule has 1 unspecified atom stereocenters. The maximum atomic E-state index is 12.2. The van der Waals surface area contributed by atoms with Gasteiger partial charge in [-0.2, -0.15) is 0 Å². The highest BCUT2D eigenvalue weighted by molar-refractivity contribution is 7.53. The van der Waals surface area contributed by atoms with Crippen LogP contribution in [0.4, 0.5) is 0 Å². The van der Waals surface area contributed by atoms with E-state index >= 15 is 0 Å². The molecule has 9 heteroatoms. The molecule has 0 aliphatic carbocycles. The highest BCUT2D eigenvalue weighted by Crippen LogP contribution is 2.54. The monoisotopic (exact) mass is 316 g/mol. The first-order chi connectivity index (χ1) is 6.51. The first-order valence-electron chi connectivity index (χ1n) is 3.86. The van der Waals surface area contributed by atoms with E-state index in [1.807, 2.05) is 0 Å². The standard InChI is InChI=1S/C6H13Cl4N2O2P/c1-11(2)15(13,12(3)4)14-5(7)6(8,9)10/h5H,1-4H3. The van der Waals surface area contributed by atoms with E-state index in [1.54, 1.807) is 28.2 Å². The summed E-state index contributed by atoms with van der Waals surface area (Å²) in [6.07, 6.45) is 0. The van der Waals surface area contributed by atoms with Crippen LogP contribution in [-0.2, 0) is 9.09 Å². The van der Waals surface area contributed by atoms with Gasteiger partial charge in [0.1, 0.15) is 0 Å². The van der Waals surface area contributed by atoms with E-state index in [0.717, 1.165) is 0 Å². The molecule has 0 aromatic heterocycles. The van der Waals surface area contributed by atoms with Gasteiger partial charge >= 0.3 is 7.67 Å². The lowest BCUT2D eigenvalue weighted by molar-refractivity contribution is 0.225. The van der Waals surface area contributed by atoms with Crippen LogP contribution in [0, 0.1) is 0 Å². The highest BCUT2D eigenvalue weighted by atomic mass is 35.6. The van der Waals surface area contributed by atoms with E-state index in [2.05, 4.69) is 0 Å². The minimum absolute atomic E-state index is 1.29. The number of rotatable bonds is 4. The first-order valence-corrected chi connectivity index (χ1v) is 6.96. The molecule has 0 N–H and O–H groups in total. The van der Waals surface area contributed by atoms with Crippen molar-refractivity contribution in [1.29, 1.82) is 0 Å².